The van der Waals surface area contributed by atoms with Gasteiger partial charge in [-0.15, -0.1) is 0 Å². The van der Waals surface area contributed by atoms with Crippen molar-refractivity contribution < 1.29 is 14.6 Å². The van der Waals surface area contributed by atoms with Gasteiger partial charge in [0, 0.05) is 19.1 Å². The Bertz CT molecular complexity index is 607. The van der Waals surface area contributed by atoms with Gasteiger partial charge in [0.05, 0.1) is 13.2 Å². The van der Waals surface area contributed by atoms with E-state index in [1.807, 2.05) is 36.4 Å². The largest absolute Gasteiger partial charge is 0.493 e. The average molecular weight is 270 g/mol. The summed E-state index contributed by atoms with van der Waals surface area (Å²) < 4.78 is 10.9. The van der Waals surface area contributed by atoms with E-state index in [4.69, 9.17) is 9.47 Å². The lowest BCUT2D eigenvalue weighted by Gasteiger charge is -2.18. The Kier molecular flexibility index (Phi) is 3.72. The van der Waals surface area contributed by atoms with Gasteiger partial charge in [-0.25, -0.2) is 0 Å². The van der Waals surface area contributed by atoms with Crippen molar-refractivity contribution >= 4 is 0 Å². The van der Waals surface area contributed by atoms with Crippen molar-refractivity contribution in [3.8, 4) is 5.75 Å². The zero-order chi connectivity index (χ0) is 13.9. The number of hydrogen-bond acceptors (Lipinski definition) is 3. The fourth-order valence-electron chi connectivity index (χ4n) is 2.71. The van der Waals surface area contributed by atoms with Crippen LogP contribution < -0.4 is 4.74 Å². The minimum absolute atomic E-state index is 0.489. The van der Waals surface area contributed by atoms with Crippen LogP contribution in [0, 0.1) is 0 Å². The summed E-state index contributed by atoms with van der Waals surface area (Å²) in [6.07, 6.45) is 0.227. The Morgan fingerprint density at radius 3 is 2.80 bits per heavy atom. The molecule has 0 radical (unpaired) electrons. The van der Waals surface area contributed by atoms with Crippen LogP contribution in [-0.4, -0.2) is 18.8 Å². The molecular formula is C17H18O3. The van der Waals surface area contributed by atoms with Gasteiger partial charge in [-0.2, -0.15) is 0 Å². The topological polar surface area (TPSA) is 38.7 Å². The van der Waals surface area contributed by atoms with E-state index >= 15 is 0 Å². The van der Waals surface area contributed by atoms with Crippen molar-refractivity contribution in [3.63, 3.8) is 0 Å². The molecule has 0 aliphatic carbocycles. The standard InChI is InChI=1S/C17H18O3/c1-19-11-13-5-2-3-7-14(13)16(18)15-8-4-6-12-9-10-20-17(12)15/h2-8,16,18H,9-11H2,1H3. The molecule has 0 saturated heterocycles. The van der Waals surface area contributed by atoms with E-state index in [9.17, 15) is 5.11 Å². The summed E-state index contributed by atoms with van der Waals surface area (Å²) in [5, 5.41) is 10.7. The minimum Gasteiger partial charge on any atom is -0.493 e. The summed E-state index contributed by atoms with van der Waals surface area (Å²) in [4.78, 5) is 0. The second-order valence-corrected chi connectivity index (χ2v) is 4.97. The number of hydrogen-bond donors (Lipinski definition) is 1. The molecule has 2 aromatic carbocycles. The van der Waals surface area contributed by atoms with E-state index < -0.39 is 6.10 Å². The molecule has 0 amide bonds. The Morgan fingerprint density at radius 1 is 1.15 bits per heavy atom. The molecule has 1 aliphatic heterocycles. The van der Waals surface area contributed by atoms with Crippen molar-refractivity contribution in [2.24, 2.45) is 0 Å². The van der Waals surface area contributed by atoms with Gasteiger partial charge in [0.15, 0.2) is 0 Å². The van der Waals surface area contributed by atoms with Crippen LogP contribution in [0.2, 0.25) is 0 Å². The molecule has 0 bridgehead atoms. The Morgan fingerprint density at radius 2 is 1.95 bits per heavy atom. The van der Waals surface area contributed by atoms with Gasteiger partial charge in [0.1, 0.15) is 11.9 Å². The molecule has 3 rings (SSSR count). The summed E-state index contributed by atoms with van der Waals surface area (Å²) in [5.74, 6) is 0.840. The number of benzene rings is 2. The molecule has 0 aromatic heterocycles. The minimum atomic E-state index is -0.686. The summed E-state index contributed by atoms with van der Waals surface area (Å²) in [7, 11) is 1.66. The number of ether oxygens (including phenoxy) is 2. The van der Waals surface area contributed by atoms with Gasteiger partial charge in [0.2, 0.25) is 0 Å². The number of methoxy groups -OCH3 is 1. The maximum Gasteiger partial charge on any atom is 0.128 e. The second-order valence-electron chi connectivity index (χ2n) is 4.97. The fourth-order valence-corrected chi connectivity index (χ4v) is 2.71. The predicted octanol–water partition coefficient (Wildman–Crippen LogP) is 2.85. The zero-order valence-electron chi connectivity index (χ0n) is 11.5. The third-order valence-corrected chi connectivity index (χ3v) is 3.69. The lowest BCUT2D eigenvalue weighted by atomic mass is 9.95. The van der Waals surface area contributed by atoms with Gasteiger partial charge in [-0.05, 0) is 16.7 Å². The third kappa shape index (κ3) is 2.30. The lowest BCUT2D eigenvalue weighted by molar-refractivity contribution is 0.175. The monoisotopic (exact) mass is 270 g/mol. The molecule has 104 valence electrons. The third-order valence-electron chi connectivity index (χ3n) is 3.69. The maximum atomic E-state index is 10.7. The van der Waals surface area contributed by atoms with Crippen LogP contribution in [0.3, 0.4) is 0 Å². The van der Waals surface area contributed by atoms with Crippen molar-refractivity contribution in [2.75, 3.05) is 13.7 Å². The summed E-state index contributed by atoms with van der Waals surface area (Å²) in [6, 6.07) is 13.8. The average Bonchev–Trinajstić information content (AvgIpc) is 2.96. The quantitative estimate of drug-likeness (QED) is 0.928. The van der Waals surface area contributed by atoms with Crippen molar-refractivity contribution in [2.45, 2.75) is 19.1 Å². The number of fused-ring (bicyclic) bond motifs is 1. The molecule has 20 heavy (non-hydrogen) atoms. The molecule has 2 aromatic rings. The highest BCUT2D eigenvalue weighted by molar-refractivity contribution is 5.48. The number of rotatable bonds is 4. The van der Waals surface area contributed by atoms with Crippen molar-refractivity contribution in [3.05, 3.63) is 64.7 Å². The van der Waals surface area contributed by atoms with E-state index in [2.05, 4.69) is 6.07 Å². The van der Waals surface area contributed by atoms with Crippen LogP contribution in [0.25, 0.3) is 0 Å². The van der Waals surface area contributed by atoms with Crippen LogP contribution >= 0.6 is 0 Å². The van der Waals surface area contributed by atoms with Gasteiger partial charge < -0.3 is 14.6 Å². The maximum absolute atomic E-state index is 10.7. The van der Waals surface area contributed by atoms with E-state index in [1.165, 1.54) is 5.56 Å². The molecule has 1 N–H and O–H groups in total. The first kappa shape index (κ1) is 13.2. The SMILES string of the molecule is COCc1ccccc1C(O)c1cccc2c1OCC2. The van der Waals surface area contributed by atoms with E-state index in [0.717, 1.165) is 28.9 Å². The van der Waals surface area contributed by atoms with E-state index in [1.54, 1.807) is 7.11 Å². The summed E-state index contributed by atoms with van der Waals surface area (Å²) in [5.41, 5.74) is 3.88. The summed E-state index contributed by atoms with van der Waals surface area (Å²) >= 11 is 0. The zero-order valence-corrected chi connectivity index (χ0v) is 11.5. The first-order valence-electron chi connectivity index (χ1n) is 6.80. The predicted molar refractivity (Wildman–Crippen MR) is 76.9 cm³/mol. The van der Waals surface area contributed by atoms with Gasteiger partial charge in [-0.3, -0.25) is 0 Å². The smallest absolute Gasteiger partial charge is 0.128 e. The molecule has 3 nitrogen and oxygen atoms in total. The van der Waals surface area contributed by atoms with Crippen LogP contribution in [0.5, 0.6) is 5.75 Å². The molecule has 1 atom stereocenters. The Hall–Kier alpha value is -1.84. The molecule has 3 heteroatoms. The van der Waals surface area contributed by atoms with Crippen molar-refractivity contribution in [1.29, 1.82) is 0 Å². The Balaban J connectivity index is 2.01. The first-order chi connectivity index (χ1) is 9.81. The molecular weight excluding hydrogens is 252 g/mol. The molecule has 1 aliphatic rings. The van der Waals surface area contributed by atoms with Gasteiger partial charge in [-0.1, -0.05) is 42.5 Å². The second kappa shape index (κ2) is 5.65. The molecule has 1 heterocycles. The van der Waals surface area contributed by atoms with Crippen LogP contribution in [0.1, 0.15) is 28.4 Å². The first-order valence-corrected chi connectivity index (χ1v) is 6.80. The number of para-hydroxylation sites is 1. The van der Waals surface area contributed by atoms with Crippen LogP contribution in [0.4, 0.5) is 0 Å². The molecule has 1 unspecified atom stereocenters. The van der Waals surface area contributed by atoms with Crippen LogP contribution in [0.15, 0.2) is 42.5 Å². The fraction of sp³-hybridized carbons (Fsp3) is 0.294. The lowest BCUT2D eigenvalue weighted by Crippen LogP contribution is -2.06. The molecule has 0 saturated carbocycles. The number of aliphatic hydroxyl groups is 1. The Labute approximate surface area is 118 Å². The number of aliphatic hydroxyl groups excluding tert-OH is 1. The van der Waals surface area contributed by atoms with Crippen LogP contribution in [-0.2, 0) is 17.8 Å². The normalized spacial score (nSPS) is 14.7. The highest BCUT2D eigenvalue weighted by atomic mass is 16.5. The summed E-state index contributed by atoms with van der Waals surface area (Å²) in [6.45, 7) is 1.18. The van der Waals surface area contributed by atoms with Crippen molar-refractivity contribution in [1.82, 2.24) is 0 Å². The highest BCUT2D eigenvalue weighted by Gasteiger charge is 2.23. The highest BCUT2D eigenvalue weighted by Crippen LogP contribution is 2.37. The van der Waals surface area contributed by atoms with E-state index in [-0.39, 0.29) is 0 Å². The molecule has 0 spiro atoms. The van der Waals surface area contributed by atoms with Gasteiger partial charge >= 0.3 is 0 Å². The van der Waals surface area contributed by atoms with E-state index in [0.29, 0.717) is 13.2 Å². The van der Waals surface area contributed by atoms with Gasteiger partial charge in [0.25, 0.3) is 0 Å². The molecule has 0 fully saturated rings.